The summed E-state index contributed by atoms with van der Waals surface area (Å²) in [6.07, 6.45) is 7.06. The minimum atomic E-state index is -1.06. The molecule has 35 heavy (non-hydrogen) atoms. The van der Waals surface area contributed by atoms with Crippen LogP contribution in [0.3, 0.4) is 0 Å². The van der Waals surface area contributed by atoms with Crippen LogP contribution in [0.15, 0.2) is 60.7 Å². The van der Waals surface area contributed by atoms with Gasteiger partial charge in [0.05, 0.1) is 5.92 Å². The van der Waals surface area contributed by atoms with E-state index in [-0.39, 0.29) is 31.5 Å². The molecule has 2 aromatic carbocycles. The van der Waals surface area contributed by atoms with E-state index in [1.807, 2.05) is 24.3 Å². The molecule has 1 saturated carbocycles. The molecule has 0 saturated heterocycles. The number of alkyl carbamates (subject to hydrolysis) is 1. The number of fused-ring (bicyclic) bond motifs is 3. The molecule has 0 spiro atoms. The summed E-state index contributed by atoms with van der Waals surface area (Å²) in [6, 6.07) is 16.3. The molecule has 0 aromatic heterocycles. The molecule has 184 valence electrons. The Morgan fingerprint density at radius 3 is 2.23 bits per heavy atom. The lowest BCUT2D eigenvalue weighted by molar-refractivity contribution is -0.131. The Balaban J connectivity index is 1.32. The molecule has 1 fully saturated rings. The van der Waals surface area contributed by atoms with Crippen molar-refractivity contribution in [2.24, 2.45) is 11.8 Å². The lowest BCUT2D eigenvalue weighted by Gasteiger charge is -2.21. The number of carboxylic acids is 1. The Morgan fingerprint density at radius 2 is 1.60 bits per heavy atom. The maximum absolute atomic E-state index is 12.7. The maximum Gasteiger partial charge on any atom is 0.407 e. The number of rotatable bonds is 10. The van der Waals surface area contributed by atoms with E-state index in [0.29, 0.717) is 12.3 Å². The van der Waals surface area contributed by atoms with E-state index in [9.17, 15) is 14.4 Å². The molecule has 0 radical (unpaired) electrons. The highest BCUT2D eigenvalue weighted by atomic mass is 16.5. The highest BCUT2D eigenvalue weighted by Crippen LogP contribution is 2.44. The molecular formula is C28H32N2O5. The third-order valence-corrected chi connectivity index (χ3v) is 6.95. The van der Waals surface area contributed by atoms with Gasteiger partial charge in [0.25, 0.3) is 0 Å². The summed E-state index contributed by atoms with van der Waals surface area (Å²) in [7, 11) is 0. The van der Waals surface area contributed by atoms with Gasteiger partial charge in [-0.05, 0) is 34.6 Å². The number of nitrogens with one attached hydrogen (secondary N) is 2. The van der Waals surface area contributed by atoms with Gasteiger partial charge in [-0.3, -0.25) is 4.79 Å². The normalized spacial score (nSPS) is 16.0. The molecule has 4 rings (SSSR count). The van der Waals surface area contributed by atoms with E-state index in [2.05, 4.69) is 34.9 Å². The Hall–Kier alpha value is -3.61. The van der Waals surface area contributed by atoms with Crippen molar-refractivity contribution in [3.05, 3.63) is 71.8 Å². The number of aliphatic carboxylic acids is 1. The monoisotopic (exact) mass is 476 g/mol. The molecule has 0 heterocycles. The molecule has 2 aliphatic rings. The second kappa shape index (κ2) is 11.7. The molecule has 1 atom stereocenters. The van der Waals surface area contributed by atoms with E-state index >= 15 is 0 Å². The van der Waals surface area contributed by atoms with E-state index < -0.39 is 18.0 Å². The molecule has 1 unspecified atom stereocenters. The molecule has 0 bridgehead atoms. The average Bonchev–Trinajstić information content (AvgIpc) is 3.49. The van der Waals surface area contributed by atoms with E-state index in [1.165, 1.54) is 30.0 Å². The zero-order valence-electron chi connectivity index (χ0n) is 19.7. The van der Waals surface area contributed by atoms with Crippen LogP contribution in [-0.4, -0.2) is 42.8 Å². The molecule has 3 N–H and O–H groups in total. The maximum atomic E-state index is 12.7. The van der Waals surface area contributed by atoms with Crippen LogP contribution in [0.5, 0.6) is 0 Å². The summed E-state index contributed by atoms with van der Waals surface area (Å²) in [4.78, 5) is 35.9. The lowest BCUT2D eigenvalue weighted by atomic mass is 9.92. The zero-order valence-corrected chi connectivity index (χ0v) is 19.7. The number of hydrogen-bond donors (Lipinski definition) is 3. The van der Waals surface area contributed by atoms with Gasteiger partial charge in [0.1, 0.15) is 6.61 Å². The molecule has 7 heteroatoms. The number of carboxylic acid groups (broad SMARTS) is 1. The van der Waals surface area contributed by atoms with Gasteiger partial charge in [-0.1, -0.05) is 80.3 Å². The van der Waals surface area contributed by atoms with Crippen molar-refractivity contribution in [2.45, 2.75) is 38.0 Å². The third kappa shape index (κ3) is 6.29. The van der Waals surface area contributed by atoms with Crippen molar-refractivity contribution in [3.8, 4) is 11.1 Å². The second-order valence-electron chi connectivity index (χ2n) is 9.28. The number of amides is 2. The van der Waals surface area contributed by atoms with Gasteiger partial charge in [-0.25, -0.2) is 9.59 Å². The summed E-state index contributed by atoms with van der Waals surface area (Å²) < 4.78 is 5.61. The predicted molar refractivity (Wildman–Crippen MR) is 133 cm³/mol. The Morgan fingerprint density at radius 1 is 0.971 bits per heavy atom. The van der Waals surface area contributed by atoms with Crippen molar-refractivity contribution in [1.29, 1.82) is 0 Å². The largest absolute Gasteiger partial charge is 0.478 e. The number of ether oxygens (including phenoxy) is 1. The zero-order chi connectivity index (χ0) is 24.6. The summed E-state index contributed by atoms with van der Waals surface area (Å²) in [5, 5.41) is 14.2. The van der Waals surface area contributed by atoms with Gasteiger partial charge < -0.3 is 20.5 Å². The summed E-state index contributed by atoms with van der Waals surface area (Å²) in [6.45, 7) is 0.540. The topological polar surface area (TPSA) is 105 Å². The summed E-state index contributed by atoms with van der Waals surface area (Å²) in [5.74, 6) is -1.20. The van der Waals surface area contributed by atoms with Crippen LogP contribution in [0.25, 0.3) is 11.1 Å². The Kier molecular flexibility index (Phi) is 8.19. The van der Waals surface area contributed by atoms with Crippen LogP contribution >= 0.6 is 0 Å². The first-order valence-corrected chi connectivity index (χ1v) is 12.3. The number of carbonyl (C=O) groups excluding carboxylic acids is 2. The van der Waals surface area contributed by atoms with Crippen LogP contribution in [0.1, 0.15) is 49.1 Å². The second-order valence-corrected chi connectivity index (χ2v) is 9.28. The molecular weight excluding hydrogens is 444 g/mol. The van der Waals surface area contributed by atoms with E-state index in [4.69, 9.17) is 9.84 Å². The highest BCUT2D eigenvalue weighted by Gasteiger charge is 2.30. The minimum absolute atomic E-state index is 0.0215. The fourth-order valence-electron chi connectivity index (χ4n) is 5.25. The lowest BCUT2D eigenvalue weighted by Crippen LogP contribution is -2.40. The number of benzene rings is 2. The van der Waals surface area contributed by atoms with Gasteiger partial charge >= 0.3 is 12.1 Å². The van der Waals surface area contributed by atoms with Crippen LogP contribution in [-0.2, 0) is 14.3 Å². The van der Waals surface area contributed by atoms with Gasteiger partial charge in [-0.2, -0.15) is 0 Å². The number of hydrogen-bond acceptors (Lipinski definition) is 4. The average molecular weight is 477 g/mol. The third-order valence-electron chi connectivity index (χ3n) is 6.95. The van der Waals surface area contributed by atoms with Gasteiger partial charge in [0, 0.05) is 25.1 Å². The van der Waals surface area contributed by atoms with Crippen molar-refractivity contribution in [1.82, 2.24) is 10.6 Å². The van der Waals surface area contributed by atoms with E-state index in [1.54, 1.807) is 0 Å². The number of carbonyl (C=O) groups is 3. The van der Waals surface area contributed by atoms with Crippen LogP contribution in [0, 0.1) is 11.8 Å². The standard InChI is InChI=1S/C28H32N2O5/c31-26(32)14-7-15-29-27(33)20(16-19-8-1-2-9-19)17-30-28(34)35-18-25-23-12-5-3-10-21(23)22-11-4-6-13-24(22)25/h3-7,10-14,19-20,25H,1-2,8-9,15-18H2,(H,29,33)(H,30,34)(H,31,32)/b14-7+. The molecule has 2 aliphatic carbocycles. The van der Waals surface area contributed by atoms with E-state index in [0.717, 1.165) is 30.0 Å². The summed E-state index contributed by atoms with van der Waals surface area (Å²) in [5.41, 5.74) is 4.63. The SMILES string of the molecule is O=C(O)/C=C/CNC(=O)C(CNC(=O)OCC1c2ccccc2-c2ccccc21)CC1CCCC1. The van der Waals surface area contributed by atoms with Crippen LogP contribution in [0.2, 0.25) is 0 Å². The quantitative estimate of drug-likeness (QED) is 0.439. The molecule has 0 aliphatic heterocycles. The summed E-state index contributed by atoms with van der Waals surface area (Å²) >= 11 is 0. The first kappa shape index (κ1) is 24.5. The van der Waals surface area contributed by atoms with Gasteiger partial charge in [0.2, 0.25) is 5.91 Å². The van der Waals surface area contributed by atoms with Crippen LogP contribution in [0.4, 0.5) is 4.79 Å². The molecule has 7 nitrogen and oxygen atoms in total. The molecule has 2 amide bonds. The minimum Gasteiger partial charge on any atom is -0.478 e. The fourth-order valence-corrected chi connectivity index (χ4v) is 5.25. The fraction of sp³-hybridized carbons (Fsp3) is 0.393. The van der Waals surface area contributed by atoms with Crippen molar-refractivity contribution in [2.75, 3.05) is 19.7 Å². The Bertz CT molecular complexity index is 1040. The van der Waals surface area contributed by atoms with Gasteiger partial charge in [-0.15, -0.1) is 0 Å². The van der Waals surface area contributed by atoms with Crippen molar-refractivity contribution < 1.29 is 24.2 Å². The Labute approximate surface area is 205 Å². The first-order valence-electron chi connectivity index (χ1n) is 12.3. The molecule has 2 aromatic rings. The predicted octanol–water partition coefficient (Wildman–Crippen LogP) is 4.48. The van der Waals surface area contributed by atoms with Crippen molar-refractivity contribution in [3.63, 3.8) is 0 Å². The van der Waals surface area contributed by atoms with Crippen molar-refractivity contribution >= 4 is 18.0 Å². The van der Waals surface area contributed by atoms with Crippen LogP contribution < -0.4 is 10.6 Å². The first-order chi connectivity index (χ1) is 17.0. The highest BCUT2D eigenvalue weighted by molar-refractivity contribution is 5.81. The smallest absolute Gasteiger partial charge is 0.407 e. The van der Waals surface area contributed by atoms with Gasteiger partial charge in [0.15, 0.2) is 0 Å².